The standard InChI is InChI=1S/C13H15NO6.Fe/c15-11(16)7-10(13(19)20)14-9(12(17)18)6-8-4-2-1-3-5-8;/h1-5,9-10,14H,6-7H2,(H,15,16)(H,17,18)(H,19,20);/t9?,10-;/m0./s1. The molecule has 0 saturated heterocycles. The van der Waals surface area contributed by atoms with Crippen molar-refractivity contribution < 1.29 is 46.8 Å². The Kier molecular flexibility index (Phi) is 8.30. The van der Waals surface area contributed by atoms with Crippen LogP contribution in [-0.2, 0) is 37.9 Å². The van der Waals surface area contributed by atoms with Gasteiger partial charge < -0.3 is 15.3 Å². The average molecular weight is 337 g/mol. The van der Waals surface area contributed by atoms with Crippen molar-refractivity contribution in [2.24, 2.45) is 0 Å². The fraction of sp³-hybridized carbons (Fsp3) is 0.308. The molecular formula is C13H15FeNO6. The predicted molar refractivity (Wildman–Crippen MR) is 68.4 cm³/mol. The molecule has 1 aromatic rings. The van der Waals surface area contributed by atoms with Gasteiger partial charge in [0.05, 0.1) is 6.42 Å². The van der Waals surface area contributed by atoms with Gasteiger partial charge in [0, 0.05) is 17.1 Å². The van der Waals surface area contributed by atoms with Gasteiger partial charge in [-0.25, -0.2) is 0 Å². The Morgan fingerprint density at radius 1 is 0.952 bits per heavy atom. The Morgan fingerprint density at radius 2 is 1.48 bits per heavy atom. The minimum Gasteiger partial charge on any atom is -0.481 e. The summed E-state index contributed by atoms with van der Waals surface area (Å²) >= 11 is 0. The first-order valence-electron chi connectivity index (χ1n) is 5.87. The van der Waals surface area contributed by atoms with Crippen molar-refractivity contribution in [1.82, 2.24) is 5.32 Å². The maximum atomic E-state index is 11.1. The van der Waals surface area contributed by atoms with E-state index in [0.717, 1.165) is 0 Å². The van der Waals surface area contributed by atoms with Crippen LogP contribution in [0, 0.1) is 0 Å². The Bertz CT molecular complexity index is 493. The number of hydrogen-bond acceptors (Lipinski definition) is 4. The molecule has 0 bridgehead atoms. The van der Waals surface area contributed by atoms with E-state index in [0.29, 0.717) is 5.56 Å². The molecular weight excluding hydrogens is 322 g/mol. The second-order valence-electron chi connectivity index (χ2n) is 4.24. The summed E-state index contributed by atoms with van der Waals surface area (Å²) < 4.78 is 0. The maximum absolute atomic E-state index is 11.1. The molecule has 8 heteroatoms. The second-order valence-corrected chi connectivity index (χ2v) is 4.24. The van der Waals surface area contributed by atoms with Crippen molar-refractivity contribution in [2.75, 3.05) is 0 Å². The second kappa shape index (κ2) is 9.12. The molecule has 1 unspecified atom stereocenters. The zero-order valence-corrected chi connectivity index (χ0v) is 12.0. The summed E-state index contributed by atoms with van der Waals surface area (Å²) in [5.41, 5.74) is 0.715. The van der Waals surface area contributed by atoms with Gasteiger partial charge in [-0.2, -0.15) is 0 Å². The zero-order valence-electron chi connectivity index (χ0n) is 10.9. The van der Waals surface area contributed by atoms with Crippen molar-refractivity contribution in [1.29, 1.82) is 0 Å². The van der Waals surface area contributed by atoms with Gasteiger partial charge >= 0.3 is 17.9 Å². The first-order chi connectivity index (χ1) is 9.40. The number of benzene rings is 1. The Morgan fingerprint density at radius 3 is 1.90 bits per heavy atom. The van der Waals surface area contributed by atoms with Crippen LogP contribution in [0.2, 0.25) is 0 Å². The third-order valence-electron chi connectivity index (χ3n) is 2.66. The van der Waals surface area contributed by atoms with Crippen LogP contribution in [0.1, 0.15) is 12.0 Å². The average Bonchev–Trinajstić information content (AvgIpc) is 2.37. The molecule has 1 aromatic carbocycles. The first-order valence-corrected chi connectivity index (χ1v) is 5.87. The molecule has 4 N–H and O–H groups in total. The van der Waals surface area contributed by atoms with Crippen LogP contribution in [-0.4, -0.2) is 45.3 Å². The van der Waals surface area contributed by atoms with E-state index in [9.17, 15) is 14.4 Å². The Labute approximate surface area is 131 Å². The molecule has 0 aliphatic heterocycles. The third kappa shape index (κ3) is 6.89. The number of carbonyl (C=O) groups is 3. The van der Waals surface area contributed by atoms with Gasteiger partial charge in [0.15, 0.2) is 0 Å². The molecule has 7 nitrogen and oxygen atoms in total. The van der Waals surface area contributed by atoms with Crippen LogP contribution in [0.25, 0.3) is 0 Å². The predicted octanol–water partition coefficient (Wildman–Crippen LogP) is 0.197. The molecule has 0 aliphatic rings. The van der Waals surface area contributed by atoms with E-state index in [4.69, 9.17) is 15.3 Å². The fourth-order valence-corrected chi connectivity index (χ4v) is 1.70. The number of rotatable bonds is 8. The summed E-state index contributed by atoms with van der Waals surface area (Å²) in [5, 5.41) is 29.0. The minimum absolute atomic E-state index is 0. The summed E-state index contributed by atoms with van der Waals surface area (Å²) in [4.78, 5) is 32.6. The topological polar surface area (TPSA) is 124 Å². The van der Waals surface area contributed by atoms with E-state index < -0.39 is 36.4 Å². The molecule has 0 aromatic heterocycles. The van der Waals surface area contributed by atoms with Gasteiger partial charge in [0.25, 0.3) is 0 Å². The van der Waals surface area contributed by atoms with E-state index in [1.165, 1.54) is 0 Å². The molecule has 1 rings (SSSR count). The van der Waals surface area contributed by atoms with Crippen LogP contribution in [0.3, 0.4) is 0 Å². The minimum atomic E-state index is -1.45. The molecule has 0 fully saturated rings. The molecule has 2 atom stereocenters. The summed E-state index contributed by atoms with van der Waals surface area (Å²) in [5.74, 6) is -3.94. The molecule has 116 valence electrons. The van der Waals surface area contributed by atoms with Crippen molar-refractivity contribution in [3.8, 4) is 0 Å². The summed E-state index contributed by atoms with van der Waals surface area (Å²) in [6, 6.07) is 6.06. The van der Waals surface area contributed by atoms with Gasteiger partial charge in [-0.15, -0.1) is 0 Å². The van der Waals surface area contributed by atoms with Gasteiger partial charge in [-0.3, -0.25) is 19.7 Å². The SMILES string of the molecule is O=C(O)C[C@H](NC(Cc1ccccc1)C(=O)O)C(=O)O.[Fe]. The zero-order chi connectivity index (χ0) is 15.1. The van der Waals surface area contributed by atoms with Crippen LogP contribution < -0.4 is 5.32 Å². The van der Waals surface area contributed by atoms with E-state index in [2.05, 4.69) is 5.32 Å². The smallest absolute Gasteiger partial charge is 0.321 e. The molecule has 0 aliphatic carbocycles. The largest absolute Gasteiger partial charge is 0.481 e. The fourth-order valence-electron chi connectivity index (χ4n) is 1.70. The summed E-state index contributed by atoms with van der Waals surface area (Å²) in [6.45, 7) is 0. The van der Waals surface area contributed by atoms with Crippen LogP contribution in [0.5, 0.6) is 0 Å². The molecule has 0 heterocycles. The summed E-state index contributed by atoms with van der Waals surface area (Å²) in [6.07, 6.45) is -0.618. The Balaban J connectivity index is 0.00000400. The molecule has 0 amide bonds. The maximum Gasteiger partial charge on any atom is 0.321 e. The monoisotopic (exact) mass is 337 g/mol. The quantitative estimate of drug-likeness (QED) is 0.500. The van der Waals surface area contributed by atoms with Gasteiger partial charge in [-0.1, -0.05) is 30.3 Å². The molecule has 0 spiro atoms. The van der Waals surface area contributed by atoms with Gasteiger partial charge in [0.1, 0.15) is 12.1 Å². The molecule has 0 saturated carbocycles. The number of nitrogens with one attached hydrogen (secondary N) is 1. The van der Waals surface area contributed by atoms with E-state index in [1.54, 1.807) is 30.3 Å². The van der Waals surface area contributed by atoms with Crippen LogP contribution in [0.15, 0.2) is 30.3 Å². The van der Waals surface area contributed by atoms with Crippen molar-refractivity contribution in [2.45, 2.75) is 24.9 Å². The van der Waals surface area contributed by atoms with Crippen molar-refractivity contribution >= 4 is 17.9 Å². The van der Waals surface area contributed by atoms with Crippen molar-refractivity contribution in [3.63, 3.8) is 0 Å². The normalized spacial score (nSPS) is 12.8. The van der Waals surface area contributed by atoms with Crippen LogP contribution >= 0.6 is 0 Å². The van der Waals surface area contributed by atoms with E-state index >= 15 is 0 Å². The van der Waals surface area contributed by atoms with Gasteiger partial charge in [0.2, 0.25) is 0 Å². The number of hydrogen-bond donors (Lipinski definition) is 4. The van der Waals surface area contributed by atoms with Crippen molar-refractivity contribution in [3.05, 3.63) is 35.9 Å². The Hall–Kier alpha value is -1.89. The summed E-state index contributed by atoms with van der Waals surface area (Å²) in [7, 11) is 0. The number of aliphatic carboxylic acids is 3. The first kappa shape index (κ1) is 19.1. The molecule has 21 heavy (non-hydrogen) atoms. The van der Waals surface area contributed by atoms with E-state index in [1.807, 2.05) is 0 Å². The third-order valence-corrected chi connectivity index (χ3v) is 2.66. The number of carboxylic acid groups (broad SMARTS) is 3. The molecule has 0 radical (unpaired) electrons. The van der Waals surface area contributed by atoms with Crippen LogP contribution in [0.4, 0.5) is 0 Å². The van der Waals surface area contributed by atoms with E-state index in [-0.39, 0.29) is 23.5 Å². The van der Waals surface area contributed by atoms with Gasteiger partial charge in [-0.05, 0) is 12.0 Å². The number of carboxylic acids is 3.